The number of aliphatic hydroxyl groups is 2. The number of aliphatic imine (C=N–C) groups is 1. The van der Waals surface area contributed by atoms with Gasteiger partial charge in [0.05, 0.1) is 24.2 Å². The average Bonchev–Trinajstić information content (AvgIpc) is 3.23. The Morgan fingerprint density at radius 3 is 2.70 bits per heavy atom. The van der Waals surface area contributed by atoms with E-state index in [9.17, 15) is 10.2 Å². The number of nitrogens with zero attached hydrogens (tertiary/aromatic N) is 4. The van der Waals surface area contributed by atoms with Gasteiger partial charge in [0.2, 0.25) is 0 Å². The van der Waals surface area contributed by atoms with Crippen molar-refractivity contribution in [1.29, 1.82) is 0 Å². The van der Waals surface area contributed by atoms with Crippen molar-refractivity contribution in [3.8, 4) is 0 Å². The molecule has 2 heterocycles. The molecule has 27 heavy (non-hydrogen) atoms. The summed E-state index contributed by atoms with van der Waals surface area (Å²) in [6.45, 7) is 2.07. The molecule has 0 unspecified atom stereocenters. The van der Waals surface area contributed by atoms with Crippen LogP contribution in [0, 0.1) is 5.92 Å². The van der Waals surface area contributed by atoms with Gasteiger partial charge < -0.3 is 20.6 Å². The highest BCUT2D eigenvalue weighted by Gasteiger charge is 2.45. The molecule has 0 spiro atoms. The third-order valence-corrected chi connectivity index (χ3v) is 6.07. The zero-order valence-electron chi connectivity index (χ0n) is 14.9. The molecule has 4 N–H and O–H groups in total. The summed E-state index contributed by atoms with van der Waals surface area (Å²) in [4.78, 5) is 8.54. The number of imidazole rings is 1. The fourth-order valence-electron chi connectivity index (χ4n) is 4.27. The van der Waals surface area contributed by atoms with Crippen LogP contribution in [0.3, 0.4) is 0 Å². The highest BCUT2D eigenvalue weighted by molar-refractivity contribution is 6.30. The predicted molar refractivity (Wildman–Crippen MR) is 104 cm³/mol. The van der Waals surface area contributed by atoms with Gasteiger partial charge in [-0.3, -0.25) is 0 Å². The summed E-state index contributed by atoms with van der Waals surface area (Å²) in [5, 5.41) is 25.8. The first kappa shape index (κ1) is 18.2. The van der Waals surface area contributed by atoms with E-state index < -0.39 is 12.2 Å². The van der Waals surface area contributed by atoms with E-state index in [4.69, 9.17) is 17.4 Å². The first-order chi connectivity index (χ1) is 13.0. The van der Waals surface area contributed by atoms with Crippen molar-refractivity contribution < 1.29 is 10.2 Å². The Hall–Kier alpha value is -2.22. The zero-order valence-corrected chi connectivity index (χ0v) is 15.7. The summed E-state index contributed by atoms with van der Waals surface area (Å²) in [6, 6.07) is 7.38. The molecule has 2 aliphatic rings. The van der Waals surface area contributed by atoms with Gasteiger partial charge in [0.15, 0.2) is 5.84 Å². The van der Waals surface area contributed by atoms with Crippen LogP contribution in [-0.2, 0) is 6.42 Å². The number of hydrogen-bond donors (Lipinski definition) is 3. The molecule has 1 aromatic heterocycles. The minimum absolute atomic E-state index is 0.0795. The number of aromatic nitrogens is 2. The third-order valence-electron chi connectivity index (χ3n) is 5.82. The quantitative estimate of drug-likeness (QED) is 0.551. The third kappa shape index (κ3) is 3.05. The van der Waals surface area contributed by atoms with Crippen molar-refractivity contribution in [3.63, 3.8) is 0 Å². The van der Waals surface area contributed by atoms with Crippen molar-refractivity contribution in [2.24, 2.45) is 21.9 Å². The van der Waals surface area contributed by atoms with Gasteiger partial charge in [0.1, 0.15) is 11.8 Å². The number of hydrogen-bond acceptors (Lipinski definition) is 5. The molecule has 1 aromatic carbocycles. The number of fused-ring (bicyclic) bond motifs is 1. The van der Waals surface area contributed by atoms with E-state index in [1.165, 1.54) is 0 Å². The molecule has 8 heteroatoms. The van der Waals surface area contributed by atoms with E-state index in [0.717, 1.165) is 11.3 Å². The maximum atomic E-state index is 10.8. The van der Waals surface area contributed by atoms with Crippen molar-refractivity contribution in [2.45, 2.75) is 43.9 Å². The van der Waals surface area contributed by atoms with Crippen LogP contribution >= 0.6 is 11.6 Å². The smallest absolute Gasteiger partial charge is 0.198 e. The van der Waals surface area contributed by atoms with Crippen molar-refractivity contribution >= 4 is 23.7 Å². The van der Waals surface area contributed by atoms with Crippen LogP contribution in [0.1, 0.15) is 42.3 Å². The van der Waals surface area contributed by atoms with Crippen molar-refractivity contribution in [2.75, 3.05) is 0 Å². The van der Waals surface area contributed by atoms with Crippen LogP contribution in [-0.4, -0.2) is 44.0 Å². The lowest BCUT2D eigenvalue weighted by Gasteiger charge is -2.23. The summed E-state index contributed by atoms with van der Waals surface area (Å²) in [5.41, 5.74) is 2.63. The maximum Gasteiger partial charge on any atom is 0.198 e. The van der Waals surface area contributed by atoms with E-state index in [1.807, 2.05) is 28.8 Å². The predicted octanol–water partition coefficient (Wildman–Crippen LogP) is 1.87. The van der Waals surface area contributed by atoms with Gasteiger partial charge in [-0.2, -0.15) is 5.10 Å². The molecular weight excluding hydrogens is 366 g/mol. The summed E-state index contributed by atoms with van der Waals surface area (Å²) >= 11 is 5.98. The summed E-state index contributed by atoms with van der Waals surface area (Å²) < 4.78 is 1.94. The van der Waals surface area contributed by atoms with Crippen LogP contribution in [0.15, 0.2) is 40.7 Å². The second kappa shape index (κ2) is 7.07. The number of rotatable bonds is 3. The van der Waals surface area contributed by atoms with Crippen LogP contribution < -0.4 is 5.84 Å². The van der Waals surface area contributed by atoms with Crippen molar-refractivity contribution in [1.82, 2.24) is 9.55 Å². The molecular formula is C19H22ClN5O2. The lowest BCUT2D eigenvalue weighted by Crippen LogP contribution is -2.31. The van der Waals surface area contributed by atoms with Crippen LogP contribution in [0.25, 0.3) is 0 Å². The van der Waals surface area contributed by atoms with Gasteiger partial charge in [-0.1, -0.05) is 30.7 Å². The Morgan fingerprint density at radius 1 is 1.26 bits per heavy atom. The Balaban J connectivity index is 1.62. The Morgan fingerprint density at radius 2 is 2.00 bits per heavy atom. The number of aliphatic hydroxyl groups excluding tert-OH is 2. The molecule has 2 aromatic rings. The van der Waals surface area contributed by atoms with E-state index >= 15 is 0 Å². The SMILES string of the molecule is C[C@H](c1ccc(Cl)cc1)[C@H]1C[C@@H](n2cnc3c2CC=N/C3=N/N)[C@H](O)[C@@H]1O. The standard InChI is InChI=1S/C19H22ClN5O2/c1-10(11-2-4-12(20)5-3-11)13-8-15(18(27)17(13)26)25-9-23-16-14(25)6-7-22-19(16)24-21/h2-5,7,9-10,13,15,17-18,26-27H,6,8,21H2,1H3/b24-19+/t10-,13-,15-,17-,18+/m1/s1. The maximum absolute atomic E-state index is 10.8. The second-order valence-electron chi connectivity index (χ2n) is 7.20. The monoisotopic (exact) mass is 387 g/mol. The first-order valence-corrected chi connectivity index (χ1v) is 9.37. The number of benzene rings is 1. The van der Waals surface area contributed by atoms with E-state index in [2.05, 4.69) is 22.0 Å². The second-order valence-corrected chi connectivity index (χ2v) is 7.64. The molecule has 0 amide bonds. The van der Waals surface area contributed by atoms with Gasteiger partial charge in [-0.25, -0.2) is 9.98 Å². The summed E-state index contributed by atoms with van der Waals surface area (Å²) in [5.74, 6) is 5.78. The molecule has 5 atom stereocenters. The van der Waals surface area contributed by atoms with E-state index in [1.54, 1.807) is 12.5 Å². The number of hydrazone groups is 1. The fraction of sp³-hybridized carbons (Fsp3) is 0.421. The van der Waals surface area contributed by atoms with Gasteiger partial charge >= 0.3 is 0 Å². The molecule has 0 saturated heterocycles. The molecule has 1 fully saturated rings. The molecule has 142 valence electrons. The van der Waals surface area contributed by atoms with E-state index in [0.29, 0.717) is 29.4 Å². The van der Waals surface area contributed by atoms with E-state index in [-0.39, 0.29) is 17.9 Å². The zero-order chi connectivity index (χ0) is 19.1. The van der Waals surface area contributed by atoms with Gasteiger partial charge in [-0.15, -0.1) is 0 Å². The average molecular weight is 388 g/mol. The number of amidine groups is 1. The highest BCUT2D eigenvalue weighted by Crippen LogP contribution is 2.43. The fourth-order valence-corrected chi connectivity index (χ4v) is 4.39. The normalized spacial score (nSPS) is 29.9. The summed E-state index contributed by atoms with van der Waals surface area (Å²) in [7, 11) is 0. The molecule has 1 aliphatic carbocycles. The lowest BCUT2D eigenvalue weighted by molar-refractivity contribution is 0.00218. The summed E-state index contributed by atoms with van der Waals surface area (Å²) in [6.07, 6.45) is 2.95. The Kier molecular flexibility index (Phi) is 4.75. The highest BCUT2D eigenvalue weighted by atomic mass is 35.5. The molecule has 1 aliphatic heterocycles. The molecule has 4 rings (SSSR count). The number of halogens is 1. The van der Waals surface area contributed by atoms with Crippen molar-refractivity contribution in [3.05, 3.63) is 52.6 Å². The minimum Gasteiger partial charge on any atom is -0.390 e. The topological polar surface area (TPSA) is 109 Å². The Bertz CT molecular complexity index is 892. The van der Waals surface area contributed by atoms with Crippen LogP contribution in [0.5, 0.6) is 0 Å². The molecule has 7 nitrogen and oxygen atoms in total. The minimum atomic E-state index is -0.875. The number of nitrogens with two attached hydrogens (primary N) is 1. The van der Waals surface area contributed by atoms with Gasteiger partial charge in [-0.05, 0) is 36.0 Å². The van der Waals surface area contributed by atoms with Crippen LogP contribution in [0.2, 0.25) is 5.02 Å². The largest absolute Gasteiger partial charge is 0.390 e. The van der Waals surface area contributed by atoms with Gasteiger partial charge in [0, 0.05) is 17.7 Å². The first-order valence-electron chi connectivity index (χ1n) is 8.99. The molecule has 0 bridgehead atoms. The molecule has 0 radical (unpaired) electrons. The molecule has 1 saturated carbocycles. The van der Waals surface area contributed by atoms with Crippen LogP contribution in [0.4, 0.5) is 0 Å². The van der Waals surface area contributed by atoms with Gasteiger partial charge in [0.25, 0.3) is 0 Å². The lowest BCUT2D eigenvalue weighted by atomic mass is 9.85. The Labute approximate surface area is 162 Å².